The average Bonchev–Trinajstić information content (AvgIpc) is 2.47. The Morgan fingerprint density at radius 1 is 0.905 bits per heavy atom. The second-order valence-corrected chi connectivity index (χ2v) is 5.47. The van der Waals surface area contributed by atoms with Crippen LogP contribution in [-0.2, 0) is 14.4 Å². The molecule has 0 radical (unpaired) electrons. The first kappa shape index (κ1) is 17.5. The molecule has 3 N–H and O–H groups in total. The standard InChI is InChI=1S/C15H27N3O3/c1-2-12-15(21)17-11-14(20)16-10-8-6-4-3-5-7-9-13(19)18-12/h12H,2-11H2,1H3,(H,16,20)(H,17,21)(H,18,19). The lowest BCUT2D eigenvalue weighted by atomic mass is 10.1. The molecule has 1 atom stereocenters. The van der Waals surface area contributed by atoms with Crippen molar-refractivity contribution in [2.45, 2.75) is 64.3 Å². The van der Waals surface area contributed by atoms with Crippen LogP contribution in [0.5, 0.6) is 0 Å². The highest BCUT2D eigenvalue weighted by atomic mass is 16.2. The molecule has 1 heterocycles. The zero-order valence-electron chi connectivity index (χ0n) is 12.9. The zero-order valence-corrected chi connectivity index (χ0v) is 12.9. The Kier molecular flexibility index (Phi) is 8.47. The van der Waals surface area contributed by atoms with Gasteiger partial charge >= 0.3 is 0 Å². The van der Waals surface area contributed by atoms with Crippen molar-refractivity contribution in [2.75, 3.05) is 13.1 Å². The van der Waals surface area contributed by atoms with Crippen LogP contribution in [0.1, 0.15) is 58.3 Å². The Labute approximate surface area is 126 Å². The van der Waals surface area contributed by atoms with Gasteiger partial charge in [0.2, 0.25) is 17.7 Å². The zero-order chi connectivity index (χ0) is 15.5. The molecular formula is C15H27N3O3. The number of carbonyl (C=O) groups excluding carboxylic acids is 3. The summed E-state index contributed by atoms with van der Waals surface area (Å²) in [5.74, 6) is -0.571. The molecular weight excluding hydrogens is 270 g/mol. The van der Waals surface area contributed by atoms with Crippen molar-refractivity contribution in [3.8, 4) is 0 Å². The SMILES string of the molecule is CCC1NC(=O)CCCCCCCCNC(=O)CNC1=O. The molecule has 0 aromatic heterocycles. The van der Waals surface area contributed by atoms with Gasteiger partial charge in [0.25, 0.3) is 0 Å². The van der Waals surface area contributed by atoms with Crippen LogP contribution in [0.2, 0.25) is 0 Å². The number of carbonyl (C=O) groups is 3. The van der Waals surface area contributed by atoms with E-state index in [2.05, 4.69) is 16.0 Å². The van der Waals surface area contributed by atoms with E-state index >= 15 is 0 Å². The molecule has 1 unspecified atom stereocenters. The Morgan fingerprint density at radius 2 is 1.57 bits per heavy atom. The lowest BCUT2D eigenvalue weighted by molar-refractivity contribution is -0.130. The Hall–Kier alpha value is -1.59. The third kappa shape index (κ3) is 7.68. The smallest absolute Gasteiger partial charge is 0.243 e. The van der Waals surface area contributed by atoms with E-state index in [1.807, 2.05) is 6.92 Å². The van der Waals surface area contributed by atoms with E-state index in [1.54, 1.807) is 0 Å². The minimum atomic E-state index is -0.557. The third-order valence-corrected chi connectivity index (χ3v) is 3.64. The highest BCUT2D eigenvalue weighted by molar-refractivity contribution is 5.90. The number of rotatable bonds is 1. The highest BCUT2D eigenvalue weighted by Crippen LogP contribution is 2.07. The van der Waals surface area contributed by atoms with Crippen LogP contribution in [0.25, 0.3) is 0 Å². The van der Waals surface area contributed by atoms with Gasteiger partial charge in [-0.3, -0.25) is 14.4 Å². The van der Waals surface area contributed by atoms with Crippen molar-refractivity contribution < 1.29 is 14.4 Å². The van der Waals surface area contributed by atoms with Gasteiger partial charge in [0.15, 0.2) is 0 Å². The monoisotopic (exact) mass is 297 g/mol. The van der Waals surface area contributed by atoms with Crippen molar-refractivity contribution >= 4 is 17.7 Å². The summed E-state index contributed by atoms with van der Waals surface area (Å²) >= 11 is 0. The molecule has 6 nitrogen and oxygen atoms in total. The minimum Gasteiger partial charge on any atom is -0.355 e. The summed E-state index contributed by atoms with van der Waals surface area (Å²) in [6.45, 7) is 2.46. The minimum absolute atomic E-state index is 0.0365. The third-order valence-electron chi connectivity index (χ3n) is 3.64. The fourth-order valence-electron chi connectivity index (χ4n) is 2.32. The summed E-state index contributed by atoms with van der Waals surface area (Å²) in [7, 11) is 0. The average molecular weight is 297 g/mol. The van der Waals surface area contributed by atoms with E-state index in [9.17, 15) is 14.4 Å². The van der Waals surface area contributed by atoms with Crippen LogP contribution in [0.15, 0.2) is 0 Å². The van der Waals surface area contributed by atoms with Gasteiger partial charge in [-0.2, -0.15) is 0 Å². The molecule has 1 saturated heterocycles. The molecule has 0 aromatic carbocycles. The molecule has 1 aliphatic heterocycles. The van der Waals surface area contributed by atoms with Crippen molar-refractivity contribution in [3.05, 3.63) is 0 Å². The van der Waals surface area contributed by atoms with Crippen LogP contribution >= 0.6 is 0 Å². The van der Waals surface area contributed by atoms with Gasteiger partial charge in [0.05, 0.1) is 6.54 Å². The van der Waals surface area contributed by atoms with Gasteiger partial charge in [-0.1, -0.05) is 32.6 Å². The van der Waals surface area contributed by atoms with Crippen LogP contribution in [0, 0.1) is 0 Å². The van der Waals surface area contributed by atoms with Gasteiger partial charge < -0.3 is 16.0 Å². The summed E-state index contributed by atoms with van der Waals surface area (Å²) in [5.41, 5.74) is 0. The number of nitrogens with one attached hydrogen (secondary N) is 3. The quantitative estimate of drug-likeness (QED) is 0.671. The molecule has 0 aromatic rings. The van der Waals surface area contributed by atoms with Gasteiger partial charge in [0, 0.05) is 13.0 Å². The normalized spacial score (nSPS) is 23.9. The van der Waals surface area contributed by atoms with Gasteiger partial charge in [-0.25, -0.2) is 0 Å². The largest absolute Gasteiger partial charge is 0.355 e. The molecule has 21 heavy (non-hydrogen) atoms. The molecule has 120 valence electrons. The molecule has 0 aliphatic carbocycles. The second-order valence-electron chi connectivity index (χ2n) is 5.47. The summed E-state index contributed by atoms with van der Waals surface area (Å²) < 4.78 is 0. The first-order valence-corrected chi connectivity index (χ1v) is 7.97. The number of amides is 3. The van der Waals surface area contributed by atoms with E-state index in [0.717, 1.165) is 38.5 Å². The fourth-order valence-corrected chi connectivity index (χ4v) is 2.32. The van der Waals surface area contributed by atoms with Crippen LogP contribution in [-0.4, -0.2) is 36.9 Å². The highest BCUT2D eigenvalue weighted by Gasteiger charge is 2.19. The number of hydrogen-bond donors (Lipinski definition) is 3. The predicted molar refractivity (Wildman–Crippen MR) is 80.6 cm³/mol. The summed E-state index contributed by atoms with van der Waals surface area (Å²) in [5, 5.41) is 8.09. The maximum absolute atomic E-state index is 11.9. The second kappa shape index (κ2) is 10.2. The van der Waals surface area contributed by atoms with Crippen molar-refractivity contribution in [3.63, 3.8) is 0 Å². The summed E-state index contributed by atoms with van der Waals surface area (Å²) in [6, 6.07) is -0.557. The summed E-state index contributed by atoms with van der Waals surface area (Å²) in [6.07, 6.45) is 7.14. The predicted octanol–water partition coefficient (Wildman–Crippen LogP) is 0.858. The molecule has 3 amide bonds. The molecule has 0 spiro atoms. The maximum atomic E-state index is 11.9. The van der Waals surface area contributed by atoms with E-state index in [1.165, 1.54) is 0 Å². The Morgan fingerprint density at radius 3 is 2.29 bits per heavy atom. The Balaban J connectivity index is 2.51. The molecule has 6 heteroatoms. The van der Waals surface area contributed by atoms with E-state index in [4.69, 9.17) is 0 Å². The van der Waals surface area contributed by atoms with E-state index in [0.29, 0.717) is 19.4 Å². The van der Waals surface area contributed by atoms with Crippen molar-refractivity contribution in [1.29, 1.82) is 0 Å². The number of hydrogen-bond acceptors (Lipinski definition) is 3. The van der Waals surface area contributed by atoms with Crippen LogP contribution in [0.4, 0.5) is 0 Å². The summed E-state index contributed by atoms with van der Waals surface area (Å²) in [4.78, 5) is 35.3. The first-order chi connectivity index (χ1) is 10.1. The topological polar surface area (TPSA) is 87.3 Å². The lowest BCUT2D eigenvalue weighted by Gasteiger charge is -2.17. The maximum Gasteiger partial charge on any atom is 0.243 e. The first-order valence-electron chi connectivity index (χ1n) is 7.97. The molecule has 0 bridgehead atoms. The van der Waals surface area contributed by atoms with Crippen LogP contribution < -0.4 is 16.0 Å². The molecule has 1 aliphatic rings. The van der Waals surface area contributed by atoms with Gasteiger partial charge in [-0.15, -0.1) is 0 Å². The van der Waals surface area contributed by atoms with Crippen LogP contribution in [0.3, 0.4) is 0 Å². The fraction of sp³-hybridized carbons (Fsp3) is 0.800. The van der Waals surface area contributed by atoms with E-state index in [-0.39, 0.29) is 24.3 Å². The molecule has 0 saturated carbocycles. The van der Waals surface area contributed by atoms with Crippen molar-refractivity contribution in [1.82, 2.24) is 16.0 Å². The Bertz CT molecular complexity index is 358. The van der Waals surface area contributed by atoms with Gasteiger partial charge in [0.1, 0.15) is 6.04 Å². The lowest BCUT2D eigenvalue weighted by Crippen LogP contribution is -2.48. The molecule has 1 fully saturated rings. The van der Waals surface area contributed by atoms with Gasteiger partial charge in [-0.05, 0) is 19.3 Å². The van der Waals surface area contributed by atoms with Crippen molar-refractivity contribution in [2.24, 2.45) is 0 Å². The molecule has 1 rings (SSSR count). The van der Waals surface area contributed by atoms with E-state index < -0.39 is 6.04 Å².